The number of amides is 2. The Morgan fingerprint density at radius 2 is 1.92 bits per heavy atom. The monoisotopic (exact) mass is 403 g/mol. The molecule has 1 aromatic carbocycles. The number of carbonyl (C=O) groups excluding carboxylic acids is 2. The van der Waals surface area contributed by atoms with E-state index in [1.807, 2.05) is 6.07 Å². The number of β-lactam (4-membered cyclic amide) rings is 1. The summed E-state index contributed by atoms with van der Waals surface area (Å²) in [6.07, 6.45) is 0.849. The van der Waals surface area contributed by atoms with Crippen LogP contribution < -0.4 is 11.1 Å². The second kappa shape index (κ2) is 8.50. The highest BCUT2D eigenvalue weighted by atomic mass is 35.5. The van der Waals surface area contributed by atoms with Crippen molar-refractivity contribution in [2.45, 2.75) is 31.0 Å². The van der Waals surface area contributed by atoms with Crippen molar-refractivity contribution < 1.29 is 25.0 Å². The molecule has 2 aliphatic rings. The fraction of sp³-hybridized carbons (Fsp3) is 0.312. The minimum atomic E-state index is -1.25. The molecule has 3 atom stereocenters. The number of nitrogens with two attached hydrogens (primary N) is 1. The zero-order valence-corrected chi connectivity index (χ0v) is 15.1. The third-order valence-corrected chi connectivity index (χ3v) is 4.69. The molecule has 2 amide bonds. The number of carbonyl (C=O) groups is 3. The van der Waals surface area contributed by atoms with E-state index in [0.29, 0.717) is 18.4 Å². The van der Waals surface area contributed by atoms with Crippen LogP contribution in [0.1, 0.15) is 24.4 Å². The SMILES string of the molecule is Cl.N[C@@H](C(=O)N[C@@H]1C(=O)N2C(C(=O)O)=C(Cl)CC[C@H]12)c1ccccc1.O. The van der Waals surface area contributed by atoms with Gasteiger partial charge in [0.25, 0.3) is 5.91 Å². The molecule has 10 heteroatoms. The van der Waals surface area contributed by atoms with Crippen molar-refractivity contribution in [2.75, 3.05) is 0 Å². The molecule has 0 radical (unpaired) electrons. The van der Waals surface area contributed by atoms with Crippen molar-refractivity contribution in [3.8, 4) is 0 Å². The average Bonchev–Trinajstić information content (AvgIpc) is 2.59. The highest BCUT2D eigenvalue weighted by Crippen LogP contribution is 2.38. The minimum Gasteiger partial charge on any atom is -0.477 e. The molecule has 142 valence electrons. The van der Waals surface area contributed by atoms with Crippen LogP contribution in [0.5, 0.6) is 0 Å². The van der Waals surface area contributed by atoms with Gasteiger partial charge in [-0.1, -0.05) is 41.9 Å². The lowest BCUT2D eigenvalue weighted by molar-refractivity contribution is -0.156. The van der Waals surface area contributed by atoms with Crippen LogP contribution in [0.25, 0.3) is 0 Å². The first kappa shape index (κ1) is 21.9. The maximum Gasteiger partial charge on any atom is 0.353 e. The number of fused-ring (bicyclic) bond motifs is 1. The number of carboxylic acids is 1. The van der Waals surface area contributed by atoms with Gasteiger partial charge < -0.3 is 21.6 Å². The van der Waals surface area contributed by atoms with Gasteiger partial charge in [0.05, 0.1) is 6.04 Å². The van der Waals surface area contributed by atoms with Gasteiger partial charge in [-0.3, -0.25) is 14.5 Å². The zero-order chi connectivity index (χ0) is 17.4. The van der Waals surface area contributed by atoms with Gasteiger partial charge in [-0.15, -0.1) is 12.4 Å². The average molecular weight is 404 g/mol. The molecule has 1 fully saturated rings. The first-order chi connectivity index (χ1) is 11.4. The van der Waals surface area contributed by atoms with Gasteiger partial charge in [0.2, 0.25) is 5.91 Å². The Morgan fingerprint density at radius 1 is 1.31 bits per heavy atom. The number of nitrogens with zero attached hydrogens (tertiary/aromatic N) is 1. The molecule has 6 N–H and O–H groups in total. The topological polar surface area (TPSA) is 144 Å². The maximum atomic E-state index is 12.3. The van der Waals surface area contributed by atoms with E-state index in [1.165, 1.54) is 0 Å². The first-order valence-electron chi connectivity index (χ1n) is 7.47. The van der Waals surface area contributed by atoms with Crippen LogP contribution in [-0.4, -0.2) is 45.3 Å². The first-order valence-corrected chi connectivity index (χ1v) is 7.85. The number of allylic oxidation sites excluding steroid dienone is 1. The third-order valence-electron chi connectivity index (χ3n) is 4.32. The van der Waals surface area contributed by atoms with E-state index in [2.05, 4.69) is 5.32 Å². The summed E-state index contributed by atoms with van der Waals surface area (Å²) < 4.78 is 0. The Labute approximate surface area is 160 Å². The fourth-order valence-corrected chi connectivity index (χ4v) is 3.35. The summed E-state index contributed by atoms with van der Waals surface area (Å²) in [5.41, 5.74) is 6.35. The van der Waals surface area contributed by atoms with Crippen LogP contribution in [0.3, 0.4) is 0 Å². The molecule has 8 nitrogen and oxygen atoms in total. The van der Waals surface area contributed by atoms with Crippen LogP contribution >= 0.6 is 24.0 Å². The molecule has 0 spiro atoms. The summed E-state index contributed by atoms with van der Waals surface area (Å²) in [6, 6.07) is 6.74. The lowest BCUT2D eigenvalue weighted by Gasteiger charge is -2.49. The number of hydrogen-bond acceptors (Lipinski definition) is 4. The number of benzene rings is 1. The maximum absolute atomic E-state index is 12.3. The van der Waals surface area contributed by atoms with Gasteiger partial charge in [-0.25, -0.2) is 4.79 Å². The van der Waals surface area contributed by atoms with Crippen LogP contribution in [0.15, 0.2) is 41.1 Å². The number of hydrogen-bond donors (Lipinski definition) is 3. The Balaban J connectivity index is 0.00000169. The largest absolute Gasteiger partial charge is 0.477 e. The molecule has 2 heterocycles. The summed E-state index contributed by atoms with van der Waals surface area (Å²) in [4.78, 5) is 37.0. The summed E-state index contributed by atoms with van der Waals surface area (Å²) in [5.74, 6) is -2.20. The second-order valence-electron chi connectivity index (χ2n) is 5.75. The van der Waals surface area contributed by atoms with Crippen molar-refractivity contribution in [3.63, 3.8) is 0 Å². The van der Waals surface area contributed by atoms with E-state index < -0.39 is 35.9 Å². The molecule has 0 aliphatic carbocycles. The van der Waals surface area contributed by atoms with E-state index >= 15 is 0 Å². The second-order valence-corrected chi connectivity index (χ2v) is 6.20. The van der Waals surface area contributed by atoms with E-state index in [1.54, 1.807) is 24.3 Å². The summed E-state index contributed by atoms with van der Waals surface area (Å²) in [7, 11) is 0. The quantitative estimate of drug-likeness (QED) is 0.619. The molecule has 1 aromatic rings. The van der Waals surface area contributed by atoms with Crippen molar-refractivity contribution in [1.29, 1.82) is 0 Å². The number of carboxylic acid groups (broad SMARTS) is 1. The van der Waals surface area contributed by atoms with Gasteiger partial charge in [-0.05, 0) is 18.4 Å². The predicted octanol–water partition coefficient (Wildman–Crippen LogP) is 0.308. The van der Waals surface area contributed by atoms with Crippen LogP contribution in [0.4, 0.5) is 0 Å². The van der Waals surface area contributed by atoms with Crippen LogP contribution in [-0.2, 0) is 14.4 Å². The normalized spacial score (nSPS) is 22.2. The smallest absolute Gasteiger partial charge is 0.353 e. The Morgan fingerprint density at radius 3 is 2.50 bits per heavy atom. The summed E-state index contributed by atoms with van der Waals surface area (Å²) >= 11 is 5.92. The Hall–Kier alpha value is -2.13. The highest BCUT2D eigenvalue weighted by molar-refractivity contribution is 6.32. The molecule has 2 aliphatic heterocycles. The fourth-order valence-electron chi connectivity index (χ4n) is 3.07. The molecule has 26 heavy (non-hydrogen) atoms. The Bertz CT molecular complexity index is 741. The van der Waals surface area contributed by atoms with Gasteiger partial charge in [0.1, 0.15) is 17.8 Å². The molecule has 0 bridgehead atoms. The summed E-state index contributed by atoms with van der Waals surface area (Å²) in [5, 5.41) is 12.0. The molecule has 1 saturated heterocycles. The molecular formula is C16H19Cl2N3O5. The molecular weight excluding hydrogens is 385 g/mol. The van der Waals surface area contributed by atoms with Gasteiger partial charge in [0, 0.05) is 5.03 Å². The number of rotatable bonds is 4. The van der Waals surface area contributed by atoms with E-state index in [4.69, 9.17) is 17.3 Å². The highest BCUT2D eigenvalue weighted by Gasteiger charge is 2.53. The van der Waals surface area contributed by atoms with Crippen LogP contribution in [0.2, 0.25) is 0 Å². The number of nitrogens with one attached hydrogen (secondary N) is 1. The van der Waals surface area contributed by atoms with Crippen molar-refractivity contribution in [2.24, 2.45) is 5.73 Å². The Kier molecular flexibility index (Phi) is 7.16. The van der Waals surface area contributed by atoms with Crippen LogP contribution in [0, 0.1) is 0 Å². The van der Waals surface area contributed by atoms with E-state index in [-0.39, 0.29) is 28.6 Å². The number of aliphatic carboxylic acids is 1. The standard InChI is InChI=1S/C16H16ClN3O4.ClH.H2O/c17-9-6-7-10-12(15(22)20(10)13(9)16(23)24)19-14(21)11(18)8-4-2-1-3-5-8;;/h1-5,10-12H,6-7,18H2,(H,19,21)(H,23,24);1H;1H2/t10-,11-,12+;;/m1../s1. The van der Waals surface area contributed by atoms with Crippen molar-refractivity contribution in [3.05, 3.63) is 46.6 Å². The van der Waals surface area contributed by atoms with Gasteiger partial charge >= 0.3 is 5.97 Å². The van der Waals surface area contributed by atoms with Crippen molar-refractivity contribution in [1.82, 2.24) is 10.2 Å². The van der Waals surface area contributed by atoms with Gasteiger partial charge in [-0.2, -0.15) is 0 Å². The number of halogens is 2. The summed E-state index contributed by atoms with van der Waals surface area (Å²) in [6.45, 7) is 0. The zero-order valence-electron chi connectivity index (χ0n) is 13.5. The lowest BCUT2D eigenvalue weighted by Crippen LogP contribution is -2.72. The molecule has 0 unspecified atom stereocenters. The lowest BCUT2D eigenvalue weighted by atomic mass is 9.86. The molecule has 0 aromatic heterocycles. The van der Waals surface area contributed by atoms with Gasteiger partial charge in [0.15, 0.2) is 0 Å². The predicted molar refractivity (Wildman–Crippen MR) is 96.5 cm³/mol. The third kappa shape index (κ3) is 3.68. The van der Waals surface area contributed by atoms with Crippen molar-refractivity contribution >= 4 is 41.8 Å². The molecule has 0 saturated carbocycles. The van der Waals surface area contributed by atoms with E-state index in [0.717, 1.165) is 4.90 Å². The molecule has 3 rings (SSSR count). The minimum absolute atomic E-state index is 0. The van der Waals surface area contributed by atoms with E-state index in [9.17, 15) is 19.5 Å².